The van der Waals surface area contributed by atoms with Crippen molar-refractivity contribution in [1.82, 2.24) is 38.6 Å². The summed E-state index contributed by atoms with van der Waals surface area (Å²) in [4.78, 5) is 80.4. The first-order chi connectivity index (χ1) is 43.2. The molecule has 0 aliphatic carbocycles. The molecule has 8 heterocycles. The number of hydrogen-bond donors (Lipinski definition) is 0. The van der Waals surface area contributed by atoms with Gasteiger partial charge in [-0.2, -0.15) is 0 Å². The lowest BCUT2D eigenvalue weighted by atomic mass is 9.93. The monoisotopic (exact) mass is 1300 g/mol. The van der Waals surface area contributed by atoms with Crippen molar-refractivity contribution in [3.05, 3.63) is 211 Å². The summed E-state index contributed by atoms with van der Waals surface area (Å²) in [6.45, 7) is 60.3. The molecular formula is C77H116N8O7S. The SMILES string of the molecule is CC(C)c1cccc(=O)n1C(C)C.CC(C)c1cccnc1C(C)C.CC(C)c1ccoc(=O)c1C(C)C.CC(C)c1nc2ccsc2c(=O)n1C(C)C.CC(C)c1nccnc1C(C)C.CC(C)c1occc(=O)c1C(C)C.CC(C)n1c(C(C)(C)C)nccc1=O. The molecule has 0 aliphatic heterocycles. The number of hydrogen-bond acceptors (Lipinski definition) is 13. The normalized spacial score (nSPS) is 11.5. The maximum atomic E-state index is 12.3. The van der Waals surface area contributed by atoms with Crippen LogP contribution in [-0.2, 0) is 5.41 Å². The lowest BCUT2D eigenvalue weighted by molar-refractivity contribution is 0.445. The molecule has 8 aromatic heterocycles. The summed E-state index contributed by atoms with van der Waals surface area (Å²) in [7, 11) is 0. The van der Waals surface area contributed by atoms with Gasteiger partial charge in [0.1, 0.15) is 22.1 Å². The maximum Gasteiger partial charge on any atom is 0.339 e. The van der Waals surface area contributed by atoms with Gasteiger partial charge in [0.2, 0.25) is 0 Å². The van der Waals surface area contributed by atoms with Crippen molar-refractivity contribution in [1.29, 1.82) is 0 Å². The maximum absolute atomic E-state index is 12.3. The van der Waals surface area contributed by atoms with Gasteiger partial charge in [-0.1, -0.05) is 171 Å². The zero-order valence-electron chi connectivity index (χ0n) is 62.1. The molecule has 8 rings (SSSR count). The zero-order valence-corrected chi connectivity index (χ0v) is 62.9. The molecule has 512 valence electrons. The first-order valence-corrected chi connectivity index (χ1v) is 34.4. The molecule has 0 spiro atoms. The third-order valence-electron chi connectivity index (χ3n) is 14.9. The van der Waals surface area contributed by atoms with Crippen molar-refractivity contribution in [2.75, 3.05) is 0 Å². The number of fused-ring (bicyclic) bond motifs is 1. The minimum absolute atomic E-state index is 0.0277. The molecule has 16 heteroatoms. The van der Waals surface area contributed by atoms with Crippen LogP contribution in [-0.4, -0.2) is 38.6 Å². The van der Waals surface area contributed by atoms with Gasteiger partial charge in [-0.05, 0) is 130 Å². The van der Waals surface area contributed by atoms with Crippen molar-refractivity contribution >= 4 is 21.6 Å². The van der Waals surface area contributed by atoms with Gasteiger partial charge in [-0.15, -0.1) is 11.3 Å². The van der Waals surface area contributed by atoms with Gasteiger partial charge in [0.05, 0.1) is 29.4 Å². The topological polar surface area (TPSA) is 191 Å². The summed E-state index contributed by atoms with van der Waals surface area (Å²) in [5.74, 6) is 6.37. The molecule has 0 N–H and O–H groups in total. The summed E-state index contributed by atoms with van der Waals surface area (Å²) in [6.07, 6.45) is 9.94. The Morgan fingerprint density at radius 3 is 1.32 bits per heavy atom. The van der Waals surface area contributed by atoms with E-state index in [2.05, 4.69) is 149 Å². The third-order valence-corrected chi connectivity index (χ3v) is 15.8. The molecule has 8 aromatic rings. The van der Waals surface area contributed by atoms with Gasteiger partial charge in [0.25, 0.3) is 16.7 Å². The fourth-order valence-corrected chi connectivity index (χ4v) is 11.2. The van der Waals surface area contributed by atoms with Gasteiger partial charge >= 0.3 is 5.63 Å². The Morgan fingerprint density at radius 1 is 0.419 bits per heavy atom. The standard InChI is InChI=1S/C12H16N2OS.C11H18N2O.C11H17NO.C11H17N.2C11H16O2.C10H16N2/c1-7(2)11-13-9-5-6-16-10(9)12(15)14(11)8(3)4;1-8(2)13-9(14)6-7-12-10(13)11(3,4)5;1-8(2)10-6-5-7-11(13)12(10)9(3)4;1-8(2)10-6-5-7-12-11(10)9(3)4;1-7(2)10-9(12)5-6-13-11(10)8(3)4;1-7(2)9-5-6-13-11(12)10(9)8(3)4;1-7(2)9-10(8(3)4)12-6-5-11-9/h5-8H,1-4H3;6-8H,1-5H3;5-9H,1-4H3;5-9H,1-4H3;2*5-8H,1-4H3;5-8H,1-4H3. The lowest BCUT2D eigenvalue weighted by Gasteiger charge is -2.24. The highest BCUT2D eigenvalue weighted by Crippen LogP contribution is 2.27. The third kappa shape index (κ3) is 24.3. The number of thiophene rings is 1. The molecule has 0 saturated carbocycles. The second-order valence-electron chi connectivity index (χ2n) is 28.4. The molecule has 0 amide bonds. The van der Waals surface area contributed by atoms with E-state index < -0.39 is 0 Å². The Hall–Kier alpha value is -7.20. The van der Waals surface area contributed by atoms with Crippen molar-refractivity contribution in [3.8, 4) is 0 Å². The van der Waals surface area contributed by atoms with Gasteiger partial charge in [-0.25, -0.2) is 14.8 Å². The number of nitrogens with zero attached hydrogens (tertiary/aromatic N) is 8. The van der Waals surface area contributed by atoms with E-state index in [1.165, 1.54) is 47.3 Å². The van der Waals surface area contributed by atoms with E-state index in [9.17, 15) is 24.0 Å². The van der Waals surface area contributed by atoms with Crippen molar-refractivity contribution in [2.45, 2.75) is 284 Å². The molecule has 0 fully saturated rings. The van der Waals surface area contributed by atoms with Crippen LogP contribution in [0, 0.1) is 0 Å². The highest BCUT2D eigenvalue weighted by atomic mass is 32.1. The minimum atomic E-state index is -0.193. The Kier molecular flexibility index (Phi) is 33.7. The van der Waals surface area contributed by atoms with E-state index in [-0.39, 0.29) is 74.9 Å². The van der Waals surface area contributed by atoms with E-state index >= 15 is 0 Å². The van der Waals surface area contributed by atoms with Crippen molar-refractivity contribution in [2.24, 2.45) is 0 Å². The molecule has 0 aromatic carbocycles. The largest absolute Gasteiger partial charge is 0.469 e. The van der Waals surface area contributed by atoms with Crippen LogP contribution < -0.4 is 27.7 Å². The van der Waals surface area contributed by atoms with Crippen LogP contribution in [0.1, 0.15) is 341 Å². The fraction of sp³-hybridized carbons (Fsp3) is 0.558. The number of pyridine rings is 2. The summed E-state index contributed by atoms with van der Waals surface area (Å²) in [5, 5.41) is 1.92. The van der Waals surface area contributed by atoms with E-state index in [0.717, 1.165) is 61.4 Å². The number of rotatable bonds is 13. The van der Waals surface area contributed by atoms with Crippen LogP contribution in [0.25, 0.3) is 10.2 Å². The average molecular weight is 1300 g/mol. The van der Waals surface area contributed by atoms with Gasteiger partial charge < -0.3 is 13.4 Å². The second kappa shape index (κ2) is 38.2. The Balaban J connectivity index is 0.000000370. The lowest BCUT2D eigenvalue weighted by Crippen LogP contribution is -2.31. The van der Waals surface area contributed by atoms with E-state index in [1.54, 1.807) is 29.2 Å². The molecule has 0 aliphatic rings. The predicted molar refractivity (Wildman–Crippen MR) is 390 cm³/mol. The quantitative estimate of drug-likeness (QED) is 0.106. The van der Waals surface area contributed by atoms with Crippen LogP contribution in [0.3, 0.4) is 0 Å². The highest BCUT2D eigenvalue weighted by Gasteiger charge is 2.22. The van der Waals surface area contributed by atoms with Crippen molar-refractivity contribution in [3.63, 3.8) is 0 Å². The second-order valence-corrected chi connectivity index (χ2v) is 29.4. The van der Waals surface area contributed by atoms with Crippen LogP contribution in [0.5, 0.6) is 0 Å². The fourth-order valence-electron chi connectivity index (χ4n) is 10.5. The van der Waals surface area contributed by atoms with Crippen LogP contribution in [0.15, 0.2) is 130 Å². The summed E-state index contributed by atoms with van der Waals surface area (Å²) >= 11 is 1.47. The average Bonchev–Trinajstić information content (AvgIpc) is 1.73. The van der Waals surface area contributed by atoms with Crippen LogP contribution in [0.2, 0.25) is 0 Å². The molecule has 15 nitrogen and oxygen atoms in total. The van der Waals surface area contributed by atoms with Gasteiger partial charge in [0, 0.05) is 101 Å². The van der Waals surface area contributed by atoms with Crippen molar-refractivity contribution < 1.29 is 8.83 Å². The Morgan fingerprint density at radius 2 is 0.925 bits per heavy atom. The molecule has 0 bridgehead atoms. The molecule has 93 heavy (non-hydrogen) atoms. The summed E-state index contributed by atoms with van der Waals surface area (Å²) in [6, 6.07) is 17.0. The van der Waals surface area contributed by atoms with E-state index in [4.69, 9.17) is 8.83 Å². The van der Waals surface area contributed by atoms with Crippen LogP contribution in [0.4, 0.5) is 0 Å². The van der Waals surface area contributed by atoms with E-state index in [0.29, 0.717) is 35.5 Å². The molecule has 0 saturated heterocycles. The first kappa shape index (κ1) is 81.9. The smallest absolute Gasteiger partial charge is 0.339 e. The minimum Gasteiger partial charge on any atom is -0.469 e. The van der Waals surface area contributed by atoms with Gasteiger partial charge in [0.15, 0.2) is 5.43 Å². The zero-order chi connectivity index (χ0) is 71.1. The first-order valence-electron chi connectivity index (χ1n) is 33.5. The molecular weight excluding hydrogens is 1180 g/mol. The molecule has 0 radical (unpaired) electrons. The summed E-state index contributed by atoms with van der Waals surface area (Å²) < 4.78 is 16.4. The number of aromatic nitrogens is 8. The predicted octanol–water partition coefficient (Wildman–Crippen LogP) is 19.7. The van der Waals surface area contributed by atoms with Gasteiger partial charge in [-0.3, -0.25) is 43.3 Å². The van der Waals surface area contributed by atoms with Crippen LogP contribution >= 0.6 is 11.3 Å². The Bertz CT molecular complexity index is 3570. The van der Waals surface area contributed by atoms with E-state index in [1.807, 2.05) is 134 Å². The Labute approximate surface area is 561 Å². The highest BCUT2D eigenvalue weighted by molar-refractivity contribution is 7.17. The summed E-state index contributed by atoms with van der Waals surface area (Å²) in [5.41, 5.74) is 9.59. The molecule has 0 unspecified atom stereocenters. The molecule has 0 atom stereocenters.